The minimum Gasteiger partial charge on any atom is -0.361 e. The highest BCUT2D eigenvalue weighted by molar-refractivity contribution is 7.78. The number of rotatable bonds is 6. The van der Waals surface area contributed by atoms with Crippen LogP contribution in [0.2, 0.25) is 0 Å². The standard InChI is InChI=1S/C24H17FN4O2S/c25-17-6-3-8-19-20(17)16(12-29(19)10-4-9-26-13-32)22-21(23(30)28-24(22)31)15-11-27-18-7-2-1-5-14(15)18/h1-3,5-8,11-12,27H,4,9-10H2,(H,28,30,31). The first-order valence-electron chi connectivity index (χ1n) is 10.1. The maximum absolute atomic E-state index is 15.0. The number of aryl methyl sites for hydroxylation is 1. The number of halogens is 1. The molecule has 6 nitrogen and oxygen atoms in total. The van der Waals surface area contributed by atoms with Gasteiger partial charge in [-0.05, 0) is 36.8 Å². The van der Waals surface area contributed by atoms with Crippen molar-refractivity contribution in [2.45, 2.75) is 13.0 Å². The Balaban J connectivity index is 1.74. The van der Waals surface area contributed by atoms with E-state index in [-0.39, 0.29) is 11.1 Å². The number of benzene rings is 2. The van der Waals surface area contributed by atoms with Crippen LogP contribution in [0.3, 0.4) is 0 Å². The number of isothiocyanates is 1. The predicted molar refractivity (Wildman–Crippen MR) is 125 cm³/mol. The normalized spacial score (nSPS) is 13.8. The van der Waals surface area contributed by atoms with Gasteiger partial charge in [0.25, 0.3) is 11.8 Å². The summed E-state index contributed by atoms with van der Waals surface area (Å²) in [6.07, 6.45) is 4.11. The largest absolute Gasteiger partial charge is 0.361 e. The number of para-hydroxylation sites is 1. The first-order valence-corrected chi connectivity index (χ1v) is 10.5. The highest BCUT2D eigenvalue weighted by atomic mass is 32.1. The van der Waals surface area contributed by atoms with E-state index in [1.807, 2.05) is 28.8 Å². The van der Waals surface area contributed by atoms with Gasteiger partial charge in [-0.1, -0.05) is 24.3 Å². The van der Waals surface area contributed by atoms with E-state index in [2.05, 4.69) is 32.7 Å². The van der Waals surface area contributed by atoms with Gasteiger partial charge in [0.1, 0.15) is 5.82 Å². The smallest absolute Gasteiger partial charge is 0.259 e. The Morgan fingerprint density at radius 3 is 2.62 bits per heavy atom. The summed E-state index contributed by atoms with van der Waals surface area (Å²) in [6.45, 7) is 1.04. The lowest BCUT2D eigenvalue weighted by atomic mass is 9.95. The second-order valence-electron chi connectivity index (χ2n) is 7.48. The van der Waals surface area contributed by atoms with Crippen LogP contribution in [-0.4, -0.2) is 33.1 Å². The second kappa shape index (κ2) is 8.00. The third kappa shape index (κ3) is 3.17. The third-order valence-corrected chi connectivity index (χ3v) is 5.78. The molecule has 0 atom stereocenters. The number of imide groups is 1. The van der Waals surface area contributed by atoms with Gasteiger partial charge >= 0.3 is 0 Å². The molecule has 8 heteroatoms. The van der Waals surface area contributed by atoms with Crippen LogP contribution in [0.1, 0.15) is 17.5 Å². The van der Waals surface area contributed by atoms with Crippen molar-refractivity contribution in [3.05, 3.63) is 71.8 Å². The molecule has 0 unspecified atom stereocenters. The number of aliphatic imine (C=N–C) groups is 1. The van der Waals surface area contributed by atoms with E-state index in [0.29, 0.717) is 41.5 Å². The Kier molecular flexibility index (Phi) is 5.01. The summed E-state index contributed by atoms with van der Waals surface area (Å²) < 4.78 is 16.9. The number of carbonyl (C=O) groups is 2. The molecule has 0 bridgehead atoms. The molecule has 2 aromatic heterocycles. The van der Waals surface area contributed by atoms with Gasteiger partial charge in [0, 0.05) is 46.4 Å². The molecule has 1 aliphatic heterocycles. The number of thiocarbonyl (C=S) groups is 1. The van der Waals surface area contributed by atoms with E-state index in [1.54, 1.807) is 24.5 Å². The Morgan fingerprint density at radius 1 is 1.03 bits per heavy atom. The van der Waals surface area contributed by atoms with Crippen molar-refractivity contribution in [2.24, 2.45) is 4.99 Å². The zero-order valence-corrected chi connectivity index (χ0v) is 17.6. The molecule has 0 aliphatic carbocycles. The van der Waals surface area contributed by atoms with Crippen LogP contribution in [0.25, 0.3) is 33.0 Å². The summed E-state index contributed by atoms with van der Waals surface area (Å²) in [5.41, 5.74) is 2.88. The summed E-state index contributed by atoms with van der Waals surface area (Å²) in [4.78, 5) is 32.8. The molecule has 2 amide bonds. The van der Waals surface area contributed by atoms with Crippen LogP contribution >= 0.6 is 12.2 Å². The fraction of sp³-hybridized carbons (Fsp3) is 0.125. The van der Waals surface area contributed by atoms with Crippen LogP contribution in [-0.2, 0) is 16.1 Å². The lowest BCUT2D eigenvalue weighted by Crippen LogP contribution is -2.22. The molecular formula is C24H17FN4O2S. The maximum Gasteiger partial charge on any atom is 0.259 e. The van der Waals surface area contributed by atoms with Crippen molar-refractivity contribution in [1.82, 2.24) is 14.9 Å². The molecule has 3 heterocycles. The molecule has 158 valence electrons. The van der Waals surface area contributed by atoms with E-state index in [0.717, 1.165) is 10.9 Å². The summed E-state index contributed by atoms with van der Waals surface area (Å²) in [5.74, 6) is -1.49. The van der Waals surface area contributed by atoms with Crippen LogP contribution in [0, 0.1) is 5.82 Å². The molecule has 5 rings (SSSR count). The van der Waals surface area contributed by atoms with Gasteiger partial charge in [0.05, 0.1) is 28.4 Å². The van der Waals surface area contributed by atoms with Gasteiger partial charge in [0.15, 0.2) is 0 Å². The minimum atomic E-state index is -0.539. The Labute approximate surface area is 187 Å². The van der Waals surface area contributed by atoms with E-state index in [4.69, 9.17) is 0 Å². The molecule has 2 N–H and O–H groups in total. The van der Waals surface area contributed by atoms with Crippen molar-refractivity contribution < 1.29 is 14.0 Å². The molecule has 4 aromatic rings. The fourth-order valence-corrected chi connectivity index (χ4v) is 4.39. The first kappa shape index (κ1) is 20.1. The summed E-state index contributed by atoms with van der Waals surface area (Å²) >= 11 is 4.60. The quantitative estimate of drug-likeness (QED) is 0.201. The average Bonchev–Trinajstić information content (AvgIpc) is 3.45. The second-order valence-corrected chi connectivity index (χ2v) is 7.66. The molecule has 0 radical (unpaired) electrons. The van der Waals surface area contributed by atoms with Crippen LogP contribution < -0.4 is 5.32 Å². The number of carbonyl (C=O) groups excluding carboxylic acids is 2. The lowest BCUT2D eigenvalue weighted by Gasteiger charge is -2.03. The number of fused-ring (bicyclic) bond motifs is 2. The number of nitrogens with one attached hydrogen (secondary N) is 2. The number of aromatic nitrogens is 2. The molecule has 0 saturated heterocycles. The molecular weight excluding hydrogens is 427 g/mol. The number of H-pyrrole nitrogens is 1. The number of aromatic amines is 1. The summed E-state index contributed by atoms with van der Waals surface area (Å²) in [5, 5.41) is 5.84. The molecule has 0 spiro atoms. The van der Waals surface area contributed by atoms with Gasteiger partial charge in [-0.2, -0.15) is 0 Å². The van der Waals surface area contributed by atoms with Crippen molar-refractivity contribution in [2.75, 3.05) is 6.54 Å². The Bertz CT molecular complexity index is 1490. The van der Waals surface area contributed by atoms with Crippen LogP contribution in [0.15, 0.2) is 59.9 Å². The molecule has 1 aliphatic rings. The monoisotopic (exact) mass is 444 g/mol. The highest BCUT2D eigenvalue weighted by Gasteiger charge is 2.35. The molecule has 32 heavy (non-hydrogen) atoms. The molecule has 0 saturated carbocycles. The maximum atomic E-state index is 15.0. The number of nitrogens with zero attached hydrogens (tertiary/aromatic N) is 2. The fourth-order valence-electron chi connectivity index (χ4n) is 4.30. The van der Waals surface area contributed by atoms with Crippen molar-refractivity contribution in [1.29, 1.82) is 0 Å². The predicted octanol–water partition coefficient (Wildman–Crippen LogP) is 4.32. The van der Waals surface area contributed by atoms with Crippen LogP contribution in [0.5, 0.6) is 0 Å². The number of hydrogen-bond acceptors (Lipinski definition) is 4. The van der Waals surface area contributed by atoms with E-state index >= 15 is 4.39 Å². The van der Waals surface area contributed by atoms with Gasteiger partial charge < -0.3 is 9.55 Å². The topological polar surface area (TPSA) is 79.2 Å². The SMILES string of the molecule is O=C1NC(=O)C(c2cn(CCCN=C=S)c3cccc(F)c23)=C1c1c[nH]c2ccccc12. The Morgan fingerprint density at radius 2 is 1.81 bits per heavy atom. The first-order chi connectivity index (χ1) is 15.6. The third-order valence-electron chi connectivity index (χ3n) is 5.65. The van der Waals surface area contributed by atoms with Gasteiger partial charge in [-0.15, -0.1) is 0 Å². The van der Waals surface area contributed by atoms with Crippen molar-refractivity contribution in [3.63, 3.8) is 0 Å². The summed E-state index contributed by atoms with van der Waals surface area (Å²) in [6, 6.07) is 12.3. The zero-order valence-electron chi connectivity index (χ0n) is 16.8. The van der Waals surface area contributed by atoms with Crippen LogP contribution in [0.4, 0.5) is 4.39 Å². The van der Waals surface area contributed by atoms with Gasteiger partial charge in [0.2, 0.25) is 0 Å². The van der Waals surface area contributed by atoms with Crippen molar-refractivity contribution >= 4 is 62.1 Å². The van der Waals surface area contributed by atoms with E-state index in [1.165, 1.54) is 6.07 Å². The Hall–Kier alpha value is -3.87. The highest BCUT2D eigenvalue weighted by Crippen LogP contribution is 2.39. The molecule has 0 fully saturated rings. The van der Waals surface area contributed by atoms with E-state index < -0.39 is 17.6 Å². The number of hydrogen-bond donors (Lipinski definition) is 2. The molecule has 2 aromatic carbocycles. The lowest BCUT2D eigenvalue weighted by molar-refractivity contribution is -0.122. The zero-order chi connectivity index (χ0) is 22.2. The summed E-state index contributed by atoms with van der Waals surface area (Å²) in [7, 11) is 0. The minimum absolute atomic E-state index is 0.172. The van der Waals surface area contributed by atoms with E-state index in [9.17, 15) is 9.59 Å². The average molecular weight is 444 g/mol. The van der Waals surface area contributed by atoms with Gasteiger partial charge in [-0.3, -0.25) is 14.9 Å². The number of amides is 2. The van der Waals surface area contributed by atoms with Crippen molar-refractivity contribution in [3.8, 4) is 0 Å². The van der Waals surface area contributed by atoms with Gasteiger partial charge in [-0.25, -0.2) is 9.38 Å².